The van der Waals surface area contributed by atoms with Crippen LogP contribution in [-0.2, 0) is 0 Å². The second-order valence-corrected chi connectivity index (χ2v) is 4.88. The molecular weight excluding hydrogens is 271 g/mol. The van der Waals surface area contributed by atoms with Crippen molar-refractivity contribution in [2.24, 2.45) is 5.92 Å². The van der Waals surface area contributed by atoms with E-state index in [9.17, 15) is 13.2 Å². The van der Waals surface area contributed by atoms with Gasteiger partial charge in [0.25, 0.3) is 0 Å². The summed E-state index contributed by atoms with van der Waals surface area (Å²) in [4.78, 5) is 0. The van der Waals surface area contributed by atoms with Gasteiger partial charge in [0.15, 0.2) is 11.5 Å². The maximum atomic E-state index is 12.8. The number of rotatable bonds is 3. The monoisotopic (exact) mass is 289 g/mol. The second-order valence-electron chi connectivity index (χ2n) is 4.88. The molecule has 1 aliphatic heterocycles. The minimum atomic E-state index is -4.13. The van der Waals surface area contributed by atoms with E-state index >= 15 is 0 Å². The molecule has 1 aliphatic rings. The van der Waals surface area contributed by atoms with Crippen LogP contribution in [0.1, 0.15) is 24.4 Å². The predicted octanol–water partition coefficient (Wildman–Crippen LogP) is 3.31. The first kappa shape index (κ1) is 15.0. The number of halogens is 3. The van der Waals surface area contributed by atoms with Crippen LogP contribution in [0.4, 0.5) is 13.2 Å². The van der Waals surface area contributed by atoms with Crippen molar-refractivity contribution in [3.8, 4) is 11.5 Å². The molecule has 2 atom stereocenters. The molecule has 20 heavy (non-hydrogen) atoms. The van der Waals surface area contributed by atoms with Gasteiger partial charge in [-0.3, -0.25) is 0 Å². The third-order valence-corrected chi connectivity index (χ3v) is 3.68. The van der Waals surface area contributed by atoms with Crippen LogP contribution in [0.5, 0.6) is 11.5 Å². The summed E-state index contributed by atoms with van der Waals surface area (Å²) in [6.45, 7) is 0.364. The molecule has 0 saturated carbocycles. The van der Waals surface area contributed by atoms with Gasteiger partial charge in [-0.2, -0.15) is 13.2 Å². The Morgan fingerprint density at radius 2 is 1.85 bits per heavy atom. The summed E-state index contributed by atoms with van der Waals surface area (Å²) in [6.07, 6.45) is -3.94. The molecule has 3 nitrogen and oxygen atoms in total. The Balaban J connectivity index is 2.19. The number of hydrogen-bond donors (Lipinski definition) is 1. The van der Waals surface area contributed by atoms with E-state index in [1.165, 1.54) is 14.2 Å². The highest BCUT2D eigenvalue weighted by molar-refractivity contribution is 5.43. The average molecular weight is 289 g/mol. The minimum Gasteiger partial charge on any atom is -0.493 e. The summed E-state index contributed by atoms with van der Waals surface area (Å²) in [5.74, 6) is -0.151. The summed E-state index contributed by atoms with van der Waals surface area (Å²) < 4.78 is 48.8. The number of benzene rings is 1. The number of ether oxygens (including phenoxy) is 2. The number of nitrogens with one attached hydrogen (secondary N) is 1. The van der Waals surface area contributed by atoms with Gasteiger partial charge in [-0.15, -0.1) is 0 Å². The lowest BCUT2D eigenvalue weighted by Gasteiger charge is -2.32. The molecule has 0 bridgehead atoms. The van der Waals surface area contributed by atoms with Crippen molar-refractivity contribution in [3.05, 3.63) is 23.8 Å². The molecule has 0 spiro atoms. The van der Waals surface area contributed by atoms with Gasteiger partial charge in [-0.1, -0.05) is 6.07 Å². The molecule has 1 saturated heterocycles. The van der Waals surface area contributed by atoms with Gasteiger partial charge in [0.1, 0.15) is 0 Å². The summed E-state index contributed by atoms with van der Waals surface area (Å²) in [7, 11) is 3.03. The largest absolute Gasteiger partial charge is 0.493 e. The number of piperidine rings is 1. The van der Waals surface area contributed by atoms with Gasteiger partial charge < -0.3 is 14.8 Å². The first-order valence-corrected chi connectivity index (χ1v) is 6.47. The van der Waals surface area contributed by atoms with Gasteiger partial charge in [-0.05, 0) is 37.1 Å². The molecule has 2 unspecified atom stereocenters. The van der Waals surface area contributed by atoms with Crippen molar-refractivity contribution < 1.29 is 22.6 Å². The highest BCUT2D eigenvalue weighted by Gasteiger charge is 2.42. The maximum Gasteiger partial charge on any atom is 0.391 e. The van der Waals surface area contributed by atoms with Gasteiger partial charge in [0, 0.05) is 6.04 Å². The molecule has 1 N–H and O–H groups in total. The van der Waals surface area contributed by atoms with Crippen LogP contribution in [0.15, 0.2) is 18.2 Å². The molecule has 1 aromatic carbocycles. The van der Waals surface area contributed by atoms with E-state index in [2.05, 4.69) is 5.32 Å². The van der Waals surface area contributed by atoms with Crippen molar-refractivity contribution in [1.29, 1.82) is 0 Å². The second kappa shape index (κ2) is 5.91. The summed E-state index contributed by atoms with van der Waals surface area (Å²) in [5, 5.41) is 3.13. The topological polar surface area (TPSA) is 30.5 Å². The zero-order valence-corrected chi connectivity index (χ0v) is 11.5. The van der Waals surface area contributed by atoms with Crippen LogP contribution in [0.3, 0.4) is 0 Å². The molecule has 0 aromatic heterocycles. The summed E-state index contributed by atoms with van der Waals surface area (Å²) >= 11 is 0. The molecule has 112 valence electrons. The first-order chi connectivity index (χ1) is 9.45. The molecule has 0 radical (unpaired) electrons. The van der Waals surface area contributed by atoms with Crippen molar-refractivity contribution in [2.45, 2.75) is 25.1 Å². The molecular formula is C14H18F3NO2. The zero-order valence-electron chi connectivity index (χ0n) is 11.5. The minimum absolute atomic E-state index is 0.0545. The van der Waals surface area contributed by atoms with Crippen molar-refractivity contribution in [3.63, 3.8) is 0 Å². The average Bonchev–Trinajstić information content (AvgIpc) is 2.45. The Morgan fingerprint density at radius 1 is 1.15 bits per heavy atom. The lowest BCUT2D eigenvalue weighted by Crippen LogP contribution is -2.38. The molecule has 1 aromatic rings. The lowest BCUT2D eigenvalue weighted by molar-refractivity contribution is -0.183. The Bertz CT molecular complexity index is 462. The van der Waals surface area contributed by atoms with Gasteiger partial charge in [0.05, 0.1) is 20.1 Å². The van der Waals surface area contributed by atoms with E-state index in [1.54, 1.807) is 18.2 Å². The Labute approximate surface area is 116 Å². The van der Waals surface area contributed by atoms with Crippen LogP contribution >= 0.6 is 0 Å². The molecule has 1 heterocycles. The van der Waals surface area contributed by atoms with E-state index in [1.807, 2.05) is 0 Å². The van der Waals surface area contributed by atoms with Crippen LogP contribution in [0, 0.1) is 5.92 Å². The number of methoxy groups -OCH3 is 2. The zero-order chi connectivity index (χ0) is 14.8. The first-order valence-electron chi connectivity index (χ1n) is 6.47. The fourth-order valence-electron chi connectivity index (χ4n) is 2.54. The van der Waals surface area contributed by atoms with Gasteiger partial charge >= 0.3 is 6.18 Å². The fourth-order valence-corrected chi connectivity index (χ4v) is 2.54. The molecule has 0 aliphatic carbocycles. The highest BCUT2D eigenvalue weighted by atomic mass is 19.4. The van der Waals surface area contributed by atoms with Crippen molar-refractivity contribution in [1.82, 2.24) is 5.32 Å². The molecule has 6 heteroatoms. The molecule has 0 amide bonds. The Kier molecular flexibility index (Phi) is 4.42. The highest BCUT2D eigenvalue weighted by Crippen LogP contribution is 2.39. The molecule has 1 fully saturated rings. The third-order valence-electron chi connectivity index (χ3n) is 3.68. The molecule has 2 rings (SSSR count). The van der Waals surface area contributed by atoms with Crippen LogP contribution in [-0.4, -0.2) is 26.9 Å². The maximum absolute atomic E-state index is 12.8. The van der Waals surface area contributed by atoms with Crippen LogP contribution < -0.4 is 14.8 Å². The summed E-state index contributed by atoms with van der Waals surface area (Å²) in [5.41, 5.74) is 0.789. The Hall–Kier alpha value is -1.43. The van der Waals surface area contributed by atoms with Gasteiger partial charge in [0.2, 0.25) is 0 Å². The van der Waals surface area contributed by atoms with E-state index in [-0.39, 0.29) is 18.9 Å². The SMILES string of the molecule is COc1ccc(C2CC(C(F)(F)F)CCN2)cc1OC. The van der Waals surface area contributed by atoms with E-state index in [4.69, 9.17) is 9.47 Å². The van der Waals surface area contributed by atoms with E-state index in [0.29, 0.717) is 18.0 Å². The predicted molar refractivity (Wildman–Crippen MR) is 69.1 cm³/mol. The fraction of sp³-hybridized carbons (Fsp3) is 0.571. The number of hydrogen-bond acceptors (Lipinski definition) is 3. The van der Waals surface area contributed by atoms with E-state index < -0.39 is 12.1 Å². The number of alkyl halides is 3. The quantitative estimate of drug-likeness (QED) is 0.926. The van der Waals surface area contributed by atoms with E-state index in [0.717, 1.165) is 5.56 Å². The van der Waals surface area contributed by atoms with Gasteiger partial charge in [-0.25, -0.2) is 0 Å². The Morgan fingerprint density at radius 3 is 2.45 bits per heavy atom. The summed E-state index contributed by atoms with van der Waals surface area (Å²) in [6, 6.07) is 4.91. The standard InChI is InChI=1S/C14H18F3NO2/c1-19-12-4-3-9(7-13(12)20-2)11-8-10(5-6-18-11)14(15,16)17/h3-4,7,10-11,18H,5-6,8H2,1-2H3. The van der Waals surface area contributed by atoms with Crippen molar-refractivity contribution in [2.75, 3.05) is 20.8 Å². The van der Waals surface area contributed by atoms with Crippen molar-refractivity contribution >= 4 is 0 Å². The van der Waals surface area contributed by atoms with Crippen LogP contribution in [0.2, 0.25) is 0 Å². The normalized spacial score (nSPS) is 23.4. The van der Waals surface area contributed by atoms with Crippen LogP contribution in [0.25, 0.3) is 0 Å². The smallest absolute Gasteiger partial charge is 0.391 e. The lowest BCUT2D eigenvalue weighted by atomic mass is 9.88. The third kappa shape index (κ3) is 3.17.